The molecule has 0 aliphatic carbocycles. The van der Waals surface area contributed by atoms with Crippen LogP contribution in [0.3, 0.4) is 0 Å². The largest absolute Gasteiger partial charge is 0.433 e. The molecule has 26 heavy (non-hydrogen) atoms. The molecule has 7 nitrogen and oxygen atoms in total. The number of carbonyl (C=O) groups excluding carboxylic acids is 1. The average molecular weight is 367 g/mol. The molecule has 0 bridgehead atoms. The zero-order chi connectivity index (χ0) is 18.6. The predicted octanol–water partition coefficient (Wildman–Crippen LogP) is 1.66. The van der Waals surface area contributed by atoms with E-state index in [1.54, 1.807) is 12.3 Å². The first kappa shape index (κ1) is 18.1. The lowest BCUT2D eigenvalue weighted by atomic mass is 10.2. The van der Waals surface area contributed by atoms with E-state index < -0.39 is 17.8 Å². The van der Waals surface area contributed by atoms with Crippen LogP contribution in [0.1, 0.15) is 21.9 Å². The second kappa shape index (κ2) is 7.65. The summed E-state index contributed by atoms with van der Waals surface area (Å²) in [6, 6.07) is 3.62. The summed E-state index contributed by atoms with van der Waals surface area (Å²) in [5.74, 6) is 0.595. The Hall–Kier alpha value is -2.75. The number of rotatable bonds is 4. The second-order valence-electron chi connectivity index (χ2n) is 5.54. The maximum atomic E-state index is 12.5. The molecule has 1 aliphatic heterocycles. The van der Waals surface area contributed by atoms with Crippen LogP contribution in [0.25, 0.3) is 0 Å². The van der Waals surface area contributed by atoms with Gasteiger partial charge in [-0.25, -0.2) is 9.97 Å². The first-order valence-corrected chi connectivity index (χ1v) is 7.89. The van der Waals surface area contributed by atoms with Crippen LogP contribution >= 0.6 is 0 Å². The minimum atomic E-state index is -4.54. The Morgan fingerprint density at radius 1 is 1.19 bits per heavy atom. The fourth-order valence-electron chi connectivity index (χ4n) is 2.40. The monoisotopic (exact) mass is 367 g/mol. The number of morpholine rings is 1. The Bertz CT molecular complexity index is 761. The number of anilines is 1. The van der Waals surface area contributed by atoms with Crippen molar-refractivity contribution >= 4 is 11.7 Å². The molecule has 2 aromatic rings. The molecule has 1 amide bonds. The lowest BCUT2D eigenvalue weighted by Gasteiger charge is -2.27. The Kier molecular flexibility index (Phi) is 5.31. The summed E-state index contributed by atoms with van der Waals surface area (Å²) in [4.78, 5) is 25.9. The number of ether oxygens (including phenoxy) is 1. The molecule has 10 heteroatoms. The maximum Gasteiger partial charge on any atom is 0.433 e. The number of aromatic nitrogens is 3. The SMILES string of the molecule is O=C(NCc1nccc(N2CCOCC2)n1)c1ccc(C(F)(F)F)nc1. The summed E-state index contributed by atoms with van der Waals surface area (Å²) in [6.07, 6.45) is -2.05. The molecule has 0 aromatic carbocycles. The topological polar surface area (TPSA) is 80.2 Å². The zero-order valence-corrected chi connectivity index (χ0v) is 13.7. The fourth-order valence-corrected chi connectivity index (χ4v) is 2.40. The van der Waals surface area contributed by atoms with Crippen LogP contribution in [0.5, 0.6) is 0 Å². The molecule has 0 atom stereocenters. The predicted molar refractivity (Wildman–Crippen MR) is 85.5 cm³/mol. The summed E-state index contributed by atoms with van der Waals surface area (Å²) in [5.41, 5.74) is -1.02. The van der Waals surface area contributed by atoms with Gasteiger partial charge in [0.2, 0.25) is 0 Å². The third-order valence-corrected chi connectivity index (χ3v) is 3.75. The van der Waals surface area contributed by atoms with Crippen molar-refractivity contribution in [1.82, 2.24) is 20.3 Å². The summed E-state index contributed by atoms with van der Waals surface area (Å²) >= 11 is 0. The van der Waals surface area contributed by atoms with Gasteiger partial charge in [0.1, 0.15) is 17.3 Å². The van der Waals surface area contributed by atoms with Crippen LogP contribution in [0.4, 0.5) is 19.0 Å². The van der Waals surface area contributed by atoms with E-state index in [1.165, 1.54) is 0 Å². The molecule has 3 heterocycles. The summed E-state index contributed by atoms with van der Waals surface area (Å²) in [5, 5.41) is 2.58. The van der Waals surface area contributed by atoms with Gasteiger partial charge < -0.3 is 15.0 Å². The summed E-state index contributed by atoms with van der Waals surface area (Å²) in [7, 11) is 0. The van der Waals surface area contributed by atoms with Crippen molar-refractivity contribution in [3.8, 4) is 0 Å². The van der Waals surface area contributed by atoms with Crippen molar-refractivity contribution in [2.45, 2.75) is 12.7 Å². The lowest BCUT2D eigenvalue weighted by Crippen LogP contribution is -2.37. The van der Waals surface area contributed by atoms with E-state index >= 15 is 0 Å². The first-order chi connectivity index (χ1) is 12.4. The molecular formula is C16H16F3N5O2. The number of nitrogens with one attached hydrogen (secondary N) is 1. The van der Waals surface area contributed by atoms with Crippen LogP contribution in [-0.4, -0.2) is 47.2 Å². The van der Waals surface area contributed by atoms with E-state index in [0.717, 1.165) is 37.2 Å². The van der Waals surface area contributed by atoms with Gasteiger partial charge in [0.25, 0.3) is 5.91 Å². The highest BCUT2D eigenvalue weighted by Gasteiger charge is 2.32. The van der Waals surface area contributed by atoms with Gasteiger partial charge in [-0.2, -0.15) is 13.2 Å². The Morgan fingerprint density at radius 3 is 2.62 bits per heavy atom. The van der Waals surface area contributed by atoms with Crippen molar-refractivity contribution in [3.05, 3.63) is 47.7 Å². The third kappa shape index (κ3) is 4.45. The van der Waals surface area contributed by atoms with E-state index in [0.29, 0.717) is 19.0 Å². The van der Waals surface area contributed by atoms with Crippen molar-refractivity contribution in [2.24, 2.45) is 0 Å². The lowest BCUT2D eigenvalue weighted by molar-refractivity contribution is -0.141. The summed E-state index contributed by atoms with van der Waals surface area (Å²) in [6.45, 7) is 2.74. The normalized spacial score (nSPS) is 15.0. The van der Waals surface area contributed by atoms with E-state index in [2.05, 4.69) is 25.2 Å². The molecule has 3 rings (SSSR count). The molecule has 1 N–H and O–H groups in total. The number of carbonyl (C=O) groups is 1. The van der Waals surface area contributed by atoms with Crippen molar-refractivity contribution in [2.75, 3.05) is 31.2 Å². The molecule has 0 unspecified atom stereocenters. The highest BCUT2D eigenvalue weighted by atomic mass is 19.4. The highest BCUT2D eigenvalue weighted by molar-refractivity contribution is 5.93. The third-order valence-electron chi connectivity index (χ3n) is 3.75. The molecular weight excluding hydrogens is 351 g/mol. The second-order valence-corrected chi connectivity index (χ2v) is 5.54. The molecule has 0 radical (unpaired) electrons. The van der Waals surface area contributed by atoms with Crippen LogP contribution in [0.2, 0.25) is 0 Å². The van der Waals surface area contributed by atoms with Gasteiger partial charge in [0.15, 0.2) is 0 Å². The van der Waals surface area contributed by atoms with Gasteiger partial charge in [-0.15, -0.1) is 0 Å². The van der Waals surface area contributed by atoms with Gasteiger partial charge >= 0.3 is 6.18 Å². The van der Waals surface area contributed by atoms with Gasteiger partial charge in [0, 0.05) is 25.5 Å². The van der Waals surface area contributed by atoms with Crippen molar-refractivity contribution in [1.29, 1.82) is 0 Å². The molecule has 0 spiro atoms. The van der Waals surface area contributed by atoms with Crippen LogP contribution in [-0.2, 0) is 17.5 Å². The first-order valence-electron chi connectivity index (χ1n) is 7.89. The number of nitrogens with zero attached hydrogens (tertiary/aromatic N) is 4. The van der Waals surface area contributed by atoms with Gasteiger partial charge in [-0.1, -0.05) is 0 Å². The van der Waals surface area contributed by atoms with E-state index in [9.17, 15) is 18.0 Å². The molecule has 2 aromatic heterocycles. The zero-order valence-electron chi connectivity index (χ0n) is 13.7. The molecule has 1 fully saturated rings. The minimum Gasteiger partial charge on any atom is -0.378 e. The number of alkyl halides is 3. The number of pyridine rings is 1. The van der Waals surface area contributed by atoms with Crippen LogP contribution in [0, 0.1) is 0 Å². The standard InChI is InChI=1S/C16H16F3N5O2/c17-16(18,19)12-2-1-11(9-21-12)15(25)22-10-13-20-4-3-14(23-13)24-5-7-26-8-6-24/h1-4,9H,5-8,10H2,(H,22,25). The van der Waals surface area contributed by atoms with Crippen LogP contribution < -0.4 is 10.2 Å². The maximum absolute atomic E-state index is 12.5. The van der Waals surface area contributed by atoms with Crippen molar-refractivity contribution < 1.29 is 22.7 Å². The quantitative estimate of drug-likeness (QED) is 0.885. The molecule has 138 valence electrons. The Morgan fingerprint density at radius 2 is 1.96 bits per heavy atom. The fraction of sp³-hybridized carbons (Fsp3) is 0.375. The van der Waals surface area contributed by atoms with Gasteiger partial charge in [-0.3, -0.25) is 9.78 Å². The van der Waals surface area contributed by atoms with E-state index in [-0.39, 0.29) is 12.1 Å². The van der Waals surface area contributed by atoms with Crippen molar-refractivity contribution in [3.63, 3.8) is 0 Å². The number of halogens is 3. The summed E-state index contributed by atoms with van der Waals surface area (Å²) < 4.78 is 42.8. The molecule has 0 saturated carbocycles. The van der Waals surface area contributed by atoms with E-state index in [4.69, 9.17) is 4.74 Å². The molecule has 1 aliphatic rings. The average Bonchev–Trinajstić information content (AvgIpc) is 2.66. The number of hydrogen-bond acceptors (Lipinski definition) is 6. The van der Waals surface area contributed by atoms with E-state index in [1.807, 2.05) is 0 Å². The van der Waals surface area contributed by atoms with Gasteiger partial charge in [-0.05, 0) is 18.2 Å². The Labute approximate surface area is 147 Å². The van der Waals surface area contributed by atoms with Crippen LogP contribution in [0.15, 0.2) is 30.6 Å². The Balaban J connectivity index is 1.60. The highest BCUT2D eigenvalue weighted by Crippen LogP contribution is 2.27. The molecule has 1 saturated heterocycles. The smallest absolute Gasteiger partial charge is 0.378 e. The minimum absolute atomic E-state index is 0.0299. The number of amides is 1. The number of hydrogen-bond donors (Lipinski definition) is 1. The van der Waals surface area contributed by atoms with Gasteiger partial charge in [0.05, 0.1) is 25.3 Å².